The molecule has 0 aromatic carbocycles. The molecule has 0 saturated heterocycles. The quantitative estimate of drug-likeness (QED) is 0.586. The predicted octanol–water partition coefficient (Wildman–Crippen LogP) is 2.24. The lowest BCUT2D eigenvalue weighted by Gasteiger charge is -2.15. The molecule has 3 heteroatoms. The van der Waals surface area contributed by atoms with Gasteiger partial charge < -0.3 is 5.32 Å². The van der Waals surface area contributed by atoms with Gasteiger partial charge in [0.25, 0.3) is 0 Å². The lowest BCUT2D eigenvalue weighted by Crippen LogP contribution is -2.22. The SMILES string of the molecule is C#CCCCC(NCC)c1ncc(C)cn1. The Morgan fingerprint density at radius 2 is 2.12 bits per heavy atom. The van der Waals surface area contributed by atoms with Crippen molar-refractivity contribution >= 4 is 0 Å². The lowest BCUT2D eigenvalue weighted by molar-refractivity contribution is 0.478. The fraction of sp³-hybridized carbons (Fsp3) is 0.538. The highest BCUT2D eigenvalue weighted by Gasteiger charge is 2.11. The largest absolute Gasteiger partial charge is 0.308 e. The summed E-state index contributed by atoms with van der Waals surface area (Å²) in [5.41, 5.74) is 1.09. The molecule has 16 heavy (non-hydrogen) atoms. The van der Waals surface area contributed by atoms with E-state index >= 15 is 0 Å². The fourth-order valence-corrected chi connectivity index (χ4v) is 1.56. The van der Waals surface area contributed by atoms with Crippen molar-refractivity contribution in [3.05, 3.63) is 23.8 Å². The van der Waals surface area contributed by atoms with Gasteiger partial charge in [-0.05, 0) is 31.9 Å². The molecule has 0 aliphatic heterocycles. The van der Waals surface area contributed by atoms with Crippen LogP contribution >= 0.6 is 0 Å². The van der Waals surface area contributed by atoms with Gasteiger partial charge in [0.1, 0.15) is 5.82 Å². The van der Waals surface area contributed by atoms with E-state index in [9.17, 15) is 0 Å². The van der Waals surface area contributed by atoms with Crippen LogP contribution in [0.3, 0.4) is 0 Å². The monoisotopic (exact) mass is 217 g/mol. The predicted molar refractivity (Wildman–Crippen MR) is 65.9 cm³/mol. The summed E-state index contributed by atoms with van der Waals surface area (Å²) in [5, 5.41) is 3.38. The topological polar surface area (TPSA) is 37.8 Å². The summed E-state index contributed by atoms with van der Waals surface area (Å²) in [6.45, 7) is 4.99. The summed E-state index contributed by atoms with van der Waals surface area (Å²) in [4.78, 5) is 8.70. The van der Waals surface area contributed by atoms with E-state index in [2.05, 4.69) is 28.1 Å². The molecular weight excluding hydrogens is 198 g/mol. The summed E-state index contributed by atoms with van der Waals surface area (Å²) >= 11 is 0. The molecule has 0 radical (unpaired) electrons. The van der Waals surface area contributed by atoms with Crippen LogP contribution in [-0.2, 0) is 0 Å². The third-order valence-corrected chi connectivity index (χ3v) is 2.38. The van der Waals surface area contributed by atoms with E-state index in [1.807, 2.05) is 19.3 Å². The lowest BCUT2D eigenvalue weighted by atomic mass is 10.1. The third-order valence-electron chi connectivity index (χ3n) is 2.38. The molecule has 0 spiro atoms. The first-order valence-electron chi connectivity index (χ1n) is 5.73. The summed E-state index contributed by atoms with van der Waals surface area (Å²) < 4.78 is 0. The zero-order valence-electron chi connectivity index (χ0n) is 10.0. The van der Waals surface area contributed by atoms with Gasteiger partial charge in [-0.3, -0.25) is 0 Å². The summed E-state index contributed by atoms with van der Waals surface area (Å²) in [6.07, 6.45) is 11.8. The van der Waals surface area contributed by atoms with Crippen molar-refractivity contribution in [2.75, 3.05) is 6.54 Å². The van der Waals surface area contributed by atoms with E-state index in [-0.39, 0.29) is 6.04 Å². The number of aromatic nitrogens is 2. The number of nitrogens with one attached hydrogen (secondary N) is 1. The second kappa shape index (κ2) is 6.97. The van der Waals surface area contributed by atoms with Crippen molar-refractivity contribution in [1.29, 1.82) is 0 Å². The Kier molecular flexibility index (Phi) is 5.52. The van der Waals surface area contributed by atoms with Crippen LogP contribution in [0.25, 0.3) is 0 Å². The van der Waals surface area contributed by atoms with Crippen molar-refractivity contribution in [2.24, 2.45) is 0 Å². The molecule has 0 aliphatic rings. The highest BCUT2D eigenvalue weighted by Crippen LogP contribution is 2.15. The minimum Gasteiger partial charge on any atom is -0.308 e. The van der Waals surface area contributed by atoms with E-state index in [0.717, 1.165) is 37.2 Å². The first-order chi connectivity index (χ1) is 7.77. The molecule has 1 rings (SSSR count). The van der Waals surface area contributed by atoms with Crippen LogP contribution in [0.15, 0.2) is 12.4 Å². The van der Waals surface area contributed by atoms with Crippen LogP contribution in [0, 0.1) is 19.3 Å². The standard InChI is InChI=1S/C13H19N3/c1-4-6-7-8-12(14-5-2)13-15-9-11(3)10-16-13/h1,9-10,12,14H,5-8H2,2-3H3. The molecule has 3 nitrogen and oxygen atoms in total. The molecule has 1 N–H and O–H groups in total. The van der Waals surface area contributed by atoms with E-state index in [1.54, 1.807) is 0 Å². The Hall–Kier alpha value is -1.40. The Labute approximate surface area is 97.7 Å². The number of hydrogen-bond acceptors (Lipinski definition) is 3. The molecule has 0 bridgehead atoms. The smallest absolute Gasteiger partial charge is 0.145 e. The second-order valence-corrected chi connectivity index (χ2v) is 3.83. The summed E-state index contributed by atoms with van der Waals surface area (Å²) in [5.74, 6) is 3.52. The van der Waals surface area contributed by atoms with Crippen molar-refractivity contribution < 1.29 is 0 Å². The number of unbranched alkanes of at least 4 members (excludes halogenated alkanes) is 1. The van der Waals surface area contributed by atoms with E-state index in [1.165, 1.54) is 0 Å². The van der Waals surface area contributed by atoms with Gasteiger partial charge >= 0.3 is 0 Å². The molecule has 1 unspecified atom stereocenters. The average Bonchev–Trinajstić information content (AvgIpc) is 2.29. The van der Waals surface area contributed by atoms with Gasteiger partial charge in [0.2, 0.25) is 0 Å². The van der Waals surface area contributed by atoms with Crippen LogP contribution in [-0.4, -0.2) is 16.5 Å². The molecule has 0 aliphatic carbocycles. The van der Waals surface area contributed by atoms with E-state index in [0.29, 0.717) is 0 Å². The first-order valence-corrected chi connectivity index (χ1v) is 5.73. The molecule has 1 aromatic rings. The van der Waals surface area contributed by atoms with Gasteiger partial charge in [0.15, 0.2) is 0 Å². The average molecular weight is 217 g/mol. The van der Waals surface area contributed by atoms with Crippen molar-refractivity contribution in [2.45, 2.75) is 39.2 Å². The van der Waals surface area contributed by atoms with Gasteiger partial charge in [-0.15, -0.1) is 12.3 Å². The molecule has 0 saturated carbocycles. The van der Waals surface area contributed by atoms with Gasteiger partial charge in [0.05, 0.1) is 6.04 Å². The molecule has 1 aromatic heterocycles. The molecule has 1 heterocycles. The molecule has 86 valence electrons. The maximum absolute atomic E-state index is 5.25. The van der Waals surface area contributed by atoms with Crippen LogP contribution in [0.2, 0.25) is 0 Å². The van der Waals surface area contributed by atoms with Gasteiger partial charge in [-0.2, -0.15) is 0 Å². The van der Waals surface area contributed by atoms with Crippen LogP contribution < -0.4 is 5.32 Å². The Bertz CT molecular complexity index is 337. The summed E-state index contributed by atoms with van der Waals surface area (Å²) in [6, 6.07) is 0.221. The zero-order valence-corrected chi connectivity index (χ0v) is 10.0. The van der Waals surface area contributed by atoms with Crippen LogP contribution in [0.1, 0.15) is 43.6 Å². The van der Waals surface area contributed by atoms with Gasteiger partial charge in [-0.1, -0.05) is 6.92 Å². The molecular formula is C13H19N3. The van der Waals surface area contributed by atoms with Crippen LogP contribution in [0.5, 0.6) is 0 Å². The molecule has 0 fully saturated rings. The fourth-order valence-electron chi connectivity index (χ4n) is 1.56. The van der Waals surface area contributed by atoms with Gasteiger partial charge in [0, 0.05) is 18.8 Å². The molecule has 0 amide bonds. The van der Waals surface area contributed by atoms with Crippen molar-refractivity contribution in [3.8, 4) is 12.3 Å². The number of nitrogens with zero attached hydrogens (tertiary/aromatic N) is 2. The number of hydrogen-bond donors (Lipinski definition) is 1. The Balaban J connectivity index is 2.62. The van der Waals surface area contributed by atoms with Crippen molar-refractivity contribution in [3.63, 3.8) is 0 Å². The number of aryl methyl sites for hydroxylation is 1. The first kappa shape index (κ1) is 12.7. The normalized spacial score (nSPS) is 12.1. The number of terminal acetylenes is 1. The zero-order chi connectivity index (χ0) is 11.8. The summed E-state index contributed by atoms with van der Waals surface area (Å²) in [7, 11) is 0. The minimum absolute atomic E-state index is 0.221. The highest BCUT2D eigenvalue weighted by molar-refractivity contribution is 5.04. The maximum atomic E-state index is 5.25. The van der Waals surface area contributed by atoms with E-state index < -0.39 is 0 Å². The van der Waals surface area contributed by atoms with Crippen molar-refractivity contribution in [1.82, 2.24) is 15.3 Å². The number of rotatable bonds is 6. The van der Waals surface area contributed by atoms with Crippen LogP contribution in [0.4, 0.5) is 0 Å². The Morgan fingerprint density at radius 3 is 2.69 bits per heavy atom. The Morgan fingerprint density at radius 1 is 1.44 bits per heavy atom. The minimum atomic E-state index is 0.221. The molecule has 1 atom stereocenters. The van der Waals surface area contributed by atoms with Gasteiger partial charge in [-0.25, -0.2) is 9.97 Å². The maximum Gasteiger partial charge on any atom is 0.145 e. The highest BCUT2D eigenvalue weighted by atomic mass is 15.0. The third kappa shape index (κ3) is 4.00. The second-order valence-electron chi connectivity index (χ2n) is 3.83. The van der Waals surface area contributed by atoms with E-state index in [4.69, 9.17) is 6.42 Å².